The Morgan fingerprint density at radius 1 is 1.11 bits per heavy atom. The quantitative estimate of drug-likeness (QED) is 0.602. The highest BCUT2D eigenvalue weighted by Gasteiger charge is 2.23. The Morgan fingerprint density at radius 3 is 2.57 bits per heavy atom. The van der Waals surface area contributed by atoms with Gasteiger partial charge >= 0.3 is 0 Å². The molecule has 144 valence electrons. The van der Waals surface area contributed by atoms with Crippen molar-refractivity contribution in [3.05, 3.63) is 81.6 Å². The number of sulfone groups is 1. The van der Waals surface area contributed by atoms with Crippen molar-refractivity contribution in [2.75, 3.05) is 5.32 Å². The van der Waals surface area contributed by atoms with E-state index in [1.807, 2.05) is 19.1 Å². The zero-order valence-electron chi connectivity index (χ0n) is 14.7. The number of hydrogen-bond acceptors (Lipinski definition) is 5. The van der Waals surface area contributed by atoms with E-state index in [1.54, 1.807) is 36.4 Å². The lowest BCUT2D eigenvalue weighted by atomic mass is 10.1. The summed E-state index contributed by atoms with van der Waals surface area (Å²) in [6.07, 6.45) is 1.10. The van der Waals surface area contributed by atoms with E-state index >= 15 is 0 Å². The number of nitrogens with zero attached hydrogens (tertiary/aromatic N) is 2. The maximum atomic E-state index is 12.7. The van der Waals surface area contributed by atoms with Crippen molar-refractivity contribution in [1.82, 2.24) is 9.97 Å². The topological polar surface area (TPSA) is 89.0 Å². The van der Waals surface area contributed by atoms with Gasteiger partial charge in [-0.1, -0.05) is 53.5 Å². The van der Waals surface area contributed by atoms with Crippen LogP contribution < -0.4 is 5.32 Å². The number of rotatable bonds is 5. The second-order valence-electron chi connectivity index (χ2n) is 6.00. The smallest absolute Gasteiger partial charge is 0.275 e. The molecule has 0 saturated carbocycles. The lowest BCUT2D eigenvalue weighted by Crippen LogP contribution is -2.18. The average Bonchev–Trinajstić information content (AvgIpc) is 2.63. The fraction of sp³-hybridized carbons (Fsp3) is 0.105. The van der Waals surface area contributed by atoms with Crippen LogP contribution in [0, 0.1) is 6.92 Å². The van der Waals surface area contributed by atoms with E-state index in [-0.39, 0.29) is 16.5 Å². The molecule has 1 amide bonds. The molecule has 0 aliphatic heterocycles. The van der Waals surface area contributed by atoms with Crippen LogP contribution >= 0.6 is 23.2 Å². The minimum absolute atomic E-state index is 0.0608. The van der Waals surface area contributed by atoms with Gasteiger partial charge in [0.05, 0.1) is 17.0 Å². The third kappa shape index (κ3) is 4.67. The van der Waals surface area contributed by atoms with Crippen molar-refractivity contribution in [3.8, 4) is 0 Å². The summed E-state index contributed by atoms with van der Waals surface area (Å²) in [4.78, 5) is 20.2. The van der Waals surface area contributed by atoms with E-state index in [1.165, 1.54) is 0 Å². The molecule has 0 spiro atoms. The molecule has 9 heteroatoms. The zero-order chi connectivity index (χ0) is 20.3. The van der Waals surface area contributed by atoms with Crippen LogP contribution in [0.4, 0.5) is 5.69 Å². The highest BCUT2D eigenvalue weighted by molar-refractivity contribution is 7.90. The second-order valence-corrected chi connectivity index (χ2v) is 8.73. The number of benzene rings is 2. The van der Waals surface area contributed by atoms with Gasteiger partial charge in [-0.15, -0.1) is 0 Å². The van der Waals surface area contributed by atoms with Crippen LogP contribution in [0.2, 0.25) is 10.0 Å². The van der Waals surface area contributed by atoms with Crippen LogP contribution in [-0.4, -0.2) is 24.3 Å². The van der Waals surface area contributed by atoms with E-state index in [9.17, 15) is 13.2 Å². The van der Waals surface area contributed by atoms with Gasteiger partial charge in [0.15, 0.2) is 5.69 Å². The average molecular weight is 436 g/mol. The van der Waals surface area contributed by atoms with Gasteiger partial charge in [0.25, 0.3) is 5.91 Å². The number of amides is 1. The van der Waals surface area contributed by atoms with Crippen molar-refractivity contribution in [1.29, 1.82) is 0 Å². The maximum Gasteiger partial charge on any atom is 0.275 e. The van der Waals surface area contributed by atoms with Gasteiger partial charge in [0.1, 0.15) is 0 Å². The normalized spacial score (nSPS) is 11.2. The molecule has 3 aromatic rings. The number of nitrogens with one attached hydrogen (secondary N) is 1. The molecule has 0 atom stereocenters. The van der Waals surface area contributed by atoms with Crippen molar-refractivity contribution >= 4 is 44.6 Å². The number of halogens is 2. The van der Waals surface area contributed by atoms with Gasteiger partial charge < -0.3 is 5.32 Å². The Hall–Kier alpha value is -2.48. The van der Waals surface area contributed by atoms with Gasteiger partial charge in [-0.25, -0.2) is 18.4 Å². The number of aryl methyl sites for hydroxylation is 1. The first-order chi connectivity index (χ1) is 13.3. The maximum absolute atomic E-state index is 12.7. The first-order valence-corrected chi connectivity index (χ1v) is 10.5. The molecule has 1 aromatic heterocycles. The van der Waals surface area contributed by atoms with Crippen LogP contribution in [0.25, 0.3) is 0 Å². The lowest BCUT2D eigenvalue weighted by molar-refractivity contribution is 0.102. The largest absolute Gasteiger partial charge is 0.321 e. The molecule has 0 aliphatic rings. The Kier molecular flexibility index (Phi) is 5.98. The number of carbonyl (C=O) groups excluding carboxylic acids is 1. The Labute approximate surface area is 172 Å². The van der Waals surface area contributed by atoms with Gasteiger partial charge in [0.2, 0.25) is 15.0 Å². The Bertz CT molecular complexity index is 1150. The highest BCUT2D eigenvalue weighted by atomic mass is 35.5. The summed E-state index contributed by atoms with van der Waals surface area (Å²) < 4.78 is 25.5. The molecule has 6 nitrogen and oxygen atoms in total. The molecule has 0 radical (unpaired) electrons. The summed E-state index contributed by atoms with van der Waals surface area (Å²) in [6, 6.07) is 13.6. The summed E-state index contributed by atoms with van der Waals surface area (Å²) in [5.74, 6) is -0.946. The molecule has 0 aliphatic carbocycles. The van der Waals surface area contributed by atoms with Crippen LogP contribution in [0.3, 0.4) is 0 Å². The predicted molar refractivity (Wildman–Crippen MR) is 109 cm³/mol. The number of hydrogen-bond donors (Lipinski definition) is 1. The molecule has 0 unspecified atom stereocenters. The molecule has 1 N–H and O–H groups in total. The van der Waals surface area contributed by atoms with Gasteiger partial charge in [0, 0.05) is 10.7 Å². The minimum Gasteiger partial charge on any atom is -0.321 e. The summed E-state index contributed by atoms with van der Waals surface area (Å²) in [6.45, 7) is 1.82. The Morgan fingerprint density at radius 2 is 1.86 bits per heavy atom. The summed E-state index contributed by atoms with van der Waals surface area (Å²) >= 11 is 11.9. The fourth-order valence-electron chi connectivity index (χ4n) is 2.46. The van der Waals surface area contributed by atoms with E-state index in [4.69, 9.17) is 23.2 Å². The third-order valence-electron chi connectivity index (χ3n) is 3.90. The molecule has 0 bridgehead atoms. The Balaban J connectivity index is 1.90. The first kappa shape index (κ1) is 20.3. The van der Waals surface area contributed by atoms with Crippen molar-refractivity contribution < 1.29 is 13.2 Å². The van der Waals surface area contributed by atoms with Crippen LogP contribution in [0.5, 0.6) is 0 Å². The van der Waals surface area contributed by atoms with Gasteiger partial charge in [-0.3, -0.25) is 4.79 Å². The second kappa shape index (κ2) is 8.26. The predicted octanol–water partition coefficient (Wildman–Crippen LogP) is 4.32. The summed E-state index contributed by atoms with van der Waals surface area (Å²) in [7, 11) is -3.87. The van der Waals surface area contributed by atoms with E-state index in [0.717, 1.165) is 11.8 Å². The van der Waals surface area contributed by atoms with Crippen LogP contribution in [0.15, 0.2) is 59.9 Å². The molecular weight excluding hydrogens is 421 g/mol. The molecule has 1 heterocycles. The van der Waals surface area contributed by atoms with Crippen molar-refractivity contribution in [2.24, 2.45) is 0 Å². The third-order valence-corrected chi connectivity index (χ3v) is 5.86. The van der Waals surface area contributed by atoms with Crippen LogP contribution in [-0.2, 0) is 15.6 Å². The standard InChI is InChI=1S/C19H15Cl2N3O3S/c1-12-5-2-3-6-13(12)11-28(26,27)19-22-10-16(21)17(24-19)18(25)23-15-8-4-7-14(20)9-15/h2-10H,11H2,1H3,(H,23,25). The number of anilines is 1. The summed E-state index contributed by atoms with van der Waals surface area (Å²) in [5, 5.41) is 2.50. The van der Waals surface area contributed by atoms with Crippen molar-refractivity contribution in [3.63, 3.8) is 0 Å². The van der Waals surface area contributed by atoms with E-state index in [0.29, 0.717) is 16.3 Å². The molecule has 3 rings (SSSR count). The number of aromatic nitrogens is 2. The zero-order valence-corrected chi connectivity index (χ0v) is 17.0. The lowest BCUT2D eigenvalue weighted by Gasteiger charge is -2.09. The summed E-state index contributed by atoms with van der Waals surface area (Å²) in [5.41, 5.74) is 1.65. The minimum atomic E-state index is -3.87. The van der Waals surface area contributed by atoms with Gasteiger partial charge in [-0.05, 0) is 36.2 Å². The first-order valence-electron chi connectivity index (χ1n) is 8.13. The monoisotopic (exact) mass is 435 g/mol. The molecule has 0 fully saturated rings. The molecule has 28 heavy (non-hydrogen) atoms. The van der Waals surface area contributed by atoms with E-state index in [2.05, 4.69) is 15.3 Å². The molecule has 2 aromatic carbocycles. The number of carbonyl (C=O) groups is 1. The molecular formula is C19H15Cl2N3O3S. The SMILES string of the molecule is Cc1ccccc1CS(=O)(=O)c1ncc(Cl)c(C(=O)Nc2cccc(Cl)c2)n1. The van der Waals surface area contributed by atoms with Crippen LogP contribution in [0.1, 0.15) is 21.6 Å². The fourth-order valence-corrected chi connectivity index (χ4v) is 4.13. The van der Waals surface area contributed by atoms with Crippen molar-refractivity contribution in [2.45, 2.75) is 17.8 Å². The molecule has 0 saturated heterocycles. The van der Waals surface area contributed by atoms with Gasteiger partial charge in [-0.2, -0.15) is 0 Å². The van der Waals surface area contributed by atoms with E-state index < -0.39 is 20.9 Å². The highest BCUT2D eigenvalue weighted by Crippen LogP contribution is 2.21.